The van der Waals surface area contributed by atoms with Crippen molar-refractivity contribution in [1.29, 1.82) is 0 Å². The molecule has 1 aliphatic heterocycles. The molecule has 2 aliphatic rings. The van der Waals surface area contributed by atoms with Crippen molar-refractivity contribution < 1.29 is 8.42 Å². The molecule has 0 aromatic carbocycles. The van der Waals surface area contributed by atoms with Gasteiger partial charge in [0.25, 0.3) is 0 Å². The third kappa shape index (κ3) is 2.68. The Bertz CT molecular complexity index is 277. The third-order valence-electron chi connectivity index (χ3n) is 2.87. The molecule has 5 heteroatoms. The molecule has 1 saturated carbocycles. The van der Waals surface area contributed by atoms with E-state index in [2.05, 4.69) is 10.0 Å². The van der Waals surface area contributed by atoms with E-state index < -0.39 is 10.0 Å². The van der Waals surface area contributed by atoms with E-state index in [9.17, 15) is 8.42 Å². The van der Waals surface area contributed by atoms with Gasteiger partial charge in [-0.25, -0.2) is 13.1 Å². The van der Waals surface area contributed by atoms with Gasteiger partial charge in [-0.2, -0.15) is 0 Å². The van der Waals surface area contributed by atoms with Crippen molar-refractivity contribution in [2.24, 2.45) is 0 Å². The highest BCUT2D eigenvalue weighted by molar-refractivity contribution is 7.90. The van der Waals surface area contributed by atoms with Crippen molar-refractivity contribution in [3.8, 4) is 0 Å². The fourth-order valence-electron chi connectivity index (χ4n) is 1.84. The molecular formula is C9H18N2O2S. The first-order valence-corrected chi connectivity index (χ1v) is 6.95. The second kappa shape index (κ2) is 4.16. The van der Waals surface area contributed by atoms with Crippen molar-refractivity contribution in [3.63, 3.8) is 0 Å². The Morgan fingerprint density at radius 3 is 2.57 bits per heavy atom. The minimum Gasteiger partial charge on any atom is -0.317 e. The van der Waals surface area contributed by atoms with Crippen molar-refractivity contribution in [2.75, 3.05) is 13.1 Å². The van der Waals surface area contributed by atoms with Crippen molar-refractivity contribution >= 4 is 10.0 Å². The Labute approximate surface area is 85.5 Å². The van der Waals surface area contributed by atoms with Crippen LogP contribution in [0.3, 0.4) is 0 Å². The molecule has 82 valence electrons. The molecule has 1 heterocycles. The maximum Gasteiger partial charge on any atom is 0.214 e. The Morgan fingerprint density at radius 1 is 1.07 bits per heavy atom. The van der Waals surface area contributed by atoms with E-state index in [1.54, 1.807) is 0 Å². The molecule has 0 aromatic rings. The van der Waals surface area contributed by atoms with Crippen LogP contribution < -0.4 is 10.0 Å². The predicted octanol–water partition coefficient (Wildman–Crippen LogP) is 0.210. The summed E-state index contributed by atoms with van der Waals surface area (Å²) in [4.78, 5) is 0. The Morgan fingerprint density at radius 2 is 1.86 bits per heavy atom. The van der Waals surface area contributed by atoms with Crippen molar-refractivity contribution in [1.82, 2.24) is 10.0 Å². The summed E-state index contributed by atoms with van der Waals surface area (Å²) in [5, 5.41) is 3.19. The van der Waals surface area contributed by atoms with Crippen LogP contribution >= 0.6 is 0 Å². The van der Waals surface area contributed by atoms with Crippen LogP contribution in [0.15, 0.2) is 0 Å². The van der Waals surface area contributed by atoms with Gasteiger partial charge in [-0.15, -0.1) is 0 Å². The molecule has 0 aromatic heterocycles. The first-order chi connectivity index (χ1) is 6.68. The number of hydrogen-bond acceptors (Lipinski definition) is 3. The molecule has 4 nitrogen and oxygen atoms in total. The fraction of sp³-hybridized carbons (Fsp3) is 1.00. The maximum atomic E-state index is 11.6. The number of nitrogens with one attached hydrogen (secondary N) is 2. The van der Waals surface area contributed by atoms with Gasteiger partial charge in [0.2, 0.25) is 10.0 Å². The average molecular weight is 218 g/mol. The lowest BCUT2D eigenvalue weighted by molar-refractivity contribution is 0.517. The first kappa shape index (κ1) is 10.4. The smallest absolute Gasteiger partial charge is 0.214 e. The second-order valence-electron chi connectivity index (χ2n) is 4.24. The molecule has 1 atom stereocenters. The quantitative estimate of drug-likeness (QED) is 0.712. The van der Waals surface area contributed by atoms with Crippen LogP contribution in [0.5, 0.6) is 0 Å². The Hall–Kier alpha value is -0.130. The van der Waals surface area contributed by atoms with Crippen LogP contribution in [0.25, 0.3) is 0 Å². The predicted molar refractivity (Wildman–Crippen MR) is 55.6 cm³/mol. The molecule has 0 amide bonds. The molecule has 0 radical (unpaired) electrons. The molecule has 14 heavy (non-hydrogen) atoms. The highest BCUT2D eigenvalue weighted by atomic mass is 32.2. The van der Waals surface area contributed by atoms with Gasteiger partial charge in [-0.05, 0) is 45.2 Å². The number of rotatable bonds is 3. The van der Waals surface area contributed by atoms with Gasteiger partial charge in [0.1, 0.15) is 0 Å². The van der Waals surface area contributed by atoms with Crippen molar-refractivity contribution in [2.45, 2.75) is 43.4 Å². The summed E-state index contributed by atoms with van der Waals surface area (Å²) in [5.74, 6) is 0. The van der Waals surface area contributed by atoms with E-state index in [1.165, 1.54) is 0 Å². The fourth-order valence-corrected chi connectivity index (χ4v) is 3.49. The van der Waals surface area contributed by atoms with Crippen LogP contribution in [0.1, 0.15) is 32.1 Å². The summed E-state index contributed by atoms with van der Waals surface area (Å²) in [6, 6.07) is 0.163. The van der Waals surface area contributed by atoms with Gasteiger partial charge in [-0.1, -0.05) is 0 Å². The molecule has 1 aliphatic carbocycles. The lowest BCUT2D eigenvalue weighted by Gasteiger charge is -2.15. The first-order valence-electron chi connectivity index (χ1n) is 5.40. The molecular weight excluding hydrogens is 200 g/mol. The topological polar surface area (TPSA) is 58.2 Å². The highest BCUT2D eigenvalue weighted by Crippen LogP contribution is 2.28. The van der Waals surface area contributed by atoms with E-state index in [1.807, 2.05) is 0 Å². The lowest BCUT2D eigenvalue weighted by Crippen LogP contribution is -2.37. The van der Waals surface area contributed by atoms with Crippen LogP contribution in [0.4, 0.5) is 0 Å². The van der Waals surface area contributed by atoms with Gasteiger partial charge in [0.15, 0.2) is 0 Å². The standard InChI is InChI=1S/C9H18N2O2S/c12-14(13,9-3-4-9)11-8-2-1-6-10-7-5-8/h8-11H,1-7H2. The number of hydrogen-bond donors (Lipinski definition) is 2. The lowest BCUT2D eigenvalue weighted by atomic mass is 10.1. The zero-order chi connectivity index (χ0) is 10.0. The maximum absolute atomic E-state index is 11.6. The minimum absolute atomic E-state index is 0.0845. The van der Waals surface area contributed by atoms with E-state index in [4.69, 9.17) is 0 Å². The third-order valence-corrected chi connectivity index (χ3v) is 4.88. The molecule has 0 spiro atoms. The van der Waals surface area contributed by atoms with Crippen LogP contribution in [0.2, 0.25) is 0 Å². The number of sulfonamides is 1. The Kier molecular flexibility index (Phi) is 3.09. The summed E-state index contributed by atoms with van der Waals surface area (Å²) in [7, 11) is -2.98. The average Bonchev–Trinajstić information content (AvgIpc) is 2.90. The van der Waals surface area contributed by atoms with Gasteiger partial charge >= 0.3 is 0 Å². The van der Waals surface area contributed by atoms with E-state index >= 15 is 0 Å². The Balaban J connectivity index is 1.88. The van der Waals surface area contributed by atoms with Gasteiger partial charge in [0.05, 0.1) is 5.25 Å². The largest absolute Gasteiger partial charge is 0.317 e. The SMILES string of the molecule is O=S(=O)(NC1CCCNCC1)C1CC1. The van der Waals surface area contributed by atoms with Gasteiger partial charge < -0.3 is 5.32 Å². The van der Waals surface area contributed by atoms with Crippen LogP contribution in [0, 0.1) is 0 Å². The van der Waals surface area contributed by atoms with E-state index in [0.717, 1.165) is 45.2 Å². The normalized spacial score (nSPS) is 29.9. The summed E-state index contributed by atoms with van der Waals surface area (Å²) < 4.78 is 26.1. The molecule has 2 N–H and O–H groups in total. The second-order valence-corrected chi connectivity index (χ2v) is 6.23. The highest BCUT2D eigenvalue weighted by Gasteiger charge is 2.36. The molecule has 1 saturated heterocycles. The molecule has 2 rings (SSSR count). The monoisotopic (exact) mass is 218 g/mol. The van der Waals surface area contributed by atoms with Gasteiger partial charge in [0, 0.05) is 6.04 Å². The van der Waals surface area contributed by atoms with Crippen LogP contribution in [-0.2, 0) is 10.0 Å². The zero-order valence-electron chi connectivity index (χ0n) is 8.33. The van der Waals surface area contributed by atoms with Crippen LogP contribution in [-0.4, -0.2) is 32.8 Å². The molecule has 2 fully saturated rings. The zero-order valence-corrected chi connectivity index (χ0v) is 9.15. The molecule has 0 bridgehead atoms. The summed E-state index contributed by atoms with van der Waals surface area (Å²) >= 11 is 0. The summed E-state index contributed by atoms with van der Waals surface area (Å²) in [6.45, 7) is 1.94. The van der Waals surface area contributed by atoms with Gasteiger partial charge in [-0.3, -0.25) is 0 Å². The van der Waals surface area contributed by atoms with Crippen molar-refractivity contribution in [3.05, 3.63) is 0 Å². The summed E-state index contributed by atoms with van der Waals surface area (Å²) in [6.07, 6.45) is 4.66. The van der Waals surface area contributed by atoms with E-state index in [0.29, 0.717) is 0 Å². The van der Waals surface area contributed by atoms with E-state index in [-0.39, 0.29) is 11.3 Å². The molecule has 1 unspecified atom stereocenters. The summed E-state index contributed by atoms with van der Waals surface area (Å²) in [5.41, 5.74) is 0. The minimum atomic E-state index is -2.98.